The first kappa shape index (κ1) is 12.0. The number of nitrogens with zero attached hydrogens (tertiary/aromatic N) is 1. The minimum absolute atomic E-state index is 1.04. The Morgan fingerprint density at radius 3 is 2.94 bits per heavy atom. The molecule has 0 aromatic heterocycles. The maximum absolute atomic E-state index is 4.03. The van der Waals surface area contributed by atoms with Crippen LogP contribution in [0.5, 0.6) is 0 Å². The Bertz CT molecular complexity index is 432. The highest BCUT2D eigenvalue weighted by atomic mass is 15.1. The van der Waals surface area contributed by atoms with E-state index in [4.69, 9.17) is 0 Å². The van der Waals surface area contributed by atoms with Gasteiger partial charge in [-0.1, -0.05) is 42.0 Å². The summed E-state index contributed by atoms with van der Waals surface area (Å²) in [5.41, 5.74) is 5.35. The Morgan fingerprint density at radius 2 is 2.29 bits per heavy atom. The average molecular weight is 227 g/mol. The van der Waals surface area contributed by atoms with Crippen LogP contribution in [0.1, 0.15) is 26.7 Å². The SMILES string of the molecule is C=C(C)C1=CN(CC2=CC=CCC2)CC(C)=C1. The molecule has 1 heteroatoms. The molecule has 2 rings (SSSR count). The quantitative estimate of drug-likeness (QED) is 0.704. The fourth-order valence-corrected chi connectivity index (χ4v) is 2.29. The van der Waals surface area contributed by atoms with Crippen molar-refractivity contribution in [2.75, 3.05) is 13.1 Å². The van der Waals surface area contributed by atoms with Gasteiger partial charge in [0, 0.05) is 19.3 Å². The van der Waals surface area contributed by atoms with Crippen LogP contribution in [0.25, 0.3) is 0 Å². The van der Waals surface area contributed by atoms with Crippen molar-refractivity contribution in [3.05, 3.63) is 59.4 Å². The molecular weight excluding hydrogens is 206 g/mol. The third kappa shape index (κ3) is 3.23. The van der Waals surface area contributed by atoms with Crippen LogP contribution in [0.2, 0.25) is 0 Å². The summed E-state index contributed by atoms with van der Waals surface area (Å²) in [5.74, 6) is 0. The van der Waals surface area contributed by atoms with Gasteiger partial charge in [-0.3, -0.25) is 0 Å². The lowest BCUT2D eigenvalue weighted by Gasteiger charge is -2.27. The minimum Gasteiger partial charge on any atom is -0.369 e. The van der Waals surface area contributed by atoms with Crippen molar-refractivity contribution in [1.82, 2.24) is 4.90 Å². The molecule has 1 nitrogen and oxygen atoms in total. The molecule has 0 unspecified atom stereocenters. The predicted molar refractivity (Wildman–Crippen MR) is 74.7 cm³/mol. The maximum Gasteiger partial charge on any atom is 0.0390 e. The Balaban J connectivity index is 2.07. The van der Waals surface area contributed by atoms with E-state index in [9.17, 15) is 0 Å². The molecule has 2 aliphatic rings. The summed E-state index contributed by atoms with van der Waals surface area (Å²) in [6, 6.07) is 0. The molecule has 0 atom stereocenters. The van der Waals surface area contributed by atoms with Crippen molar-refractivity contribution >= 4 is 0 Å². The lowest BCUT2D eigenvalue weighted by atomic mass is 10.0. The highest BCUT2D eigenvalue weighted by Gasteiger charge is 2.11. The normalized spacial score (nSPS) is 19.6. The Kier molecular flexibility index (Phi) is 3.68. The zero-order valence-electron chi connectivity index (χ0n) is 10.9. The van der Waals surface area contributed by atoms with Crippen molar-refractivity contribution in [2.45, 2.75) is 26.7 Å². The Labute approximate surface area is 105 Å². The zero-order chi connectivity index (χ0) is 12.3. The van der Waals surface area contributed by atoms with Crippen LogP contribution in [0.3, 0.4) is 0 Å². The molecule has 0 saturated heterocycles. The average Bonchev–Trinajstić information content (AvgIpc) is 2.29. The van der Waals surface area contributed by atoms with Crippen molar-refractivity contribution < 1.29 is 0 Å². The molecule has 0 amide bonds. The fraction of sp³-hybridized carbons (Fsp3) is 0.375. The summed E-state index contributed by atoms with van der Waals surface area (Å²) in [7, 11) is 0. The van der Waals surface area contributed by atoms with Crippen LogP contribution in [0.4, 0.5) is 0 Å². The van der Waals surface area contributed by atoms with Gasteiger partial charge in [0.15, 0.2) is 0 Å². The molecule has 1 aliphatic heterocycles. The second kappa shape index (κ2) is 5.22. The summed E-state index contributed by atoms with van der Waals surface area (Å²) in [6.07, 6.45) is 13.5. The van der Waals surface area contributed by atoms with E-state index in [1.807, 2.05) is 0 Å². The van der Waals surface area contributed by atoms with Gasteiger partial charge in [0.25, 0.3) is 0 Å². The summed E-state index contributed by atoms with van der Waals surface area (Å²) in [4.78, 5) is 2.39. The number of hydrogen-bond acceptors (Lipinski definition) is 1. The van der Waals surface area contributed by atoms with Crippen LogP contribution in [0, 0.1) is 0 Å². The fourth-order valence-electron chi connectivity index (χ4n) is 2.29. The molecule has 90 valence electrons. The molecule has 0 aromatic carbocycles. The third-order valence-electron chi connectivity index (χ3n) is 3.18. The molecule has 0 spiro atoms. The molecule has 0 aromatic rings. The van der Waals surface area contributed by atoms with Crippen molar-refractivity contribution in [2.24, 2.45) is 0 Å². The van der Waals surface area contributed by atoms with Gasteiger partial charge in [0.05, 0.1) is 0 Å². The first-order valence-corrected chi connectivity index (χ1v) is 6.28. The monoisotopic (exact) mass is 227 g/mol. The summed E-state index contributed by atoms with van der Waals surface area (Å²) in [6.45, 7) is 10.4. The molecule has 1 aliphatic carbocycles. The van der Waals surface area contributed by atoms with Gasteiger partial charge in [-0.05, 0) is 37.8 Å². The van der Waals surface area contributed by atoms with Gasteiger partial charge < -0.3 is 4.90 Å². The first-order chi connectivity index (χ1) is 8.15. The van der Waals surface area contributed by atoms with Gasteiger partial charge in [0.1, 0.15) is 0 Å². The van der Waals surface area contributed by atoms with Gasteiger partial charge in [0.2, 0.25) is 0 Å². The van der Waals surface area contributed by atoms with Crippen LogP contribution < -0.4 is 0 Å². The van der Waals surface area contributed by atoms with Gasteiger partial charge in [-0.2, -0.15) is 0 Å². The topological polar surface area (TPSA) is 3.24 Å². The highest BCUT2D eigenvalue weighted by Crippen LogP contribution is 2.21. The number of hydrogen-bond donors (Lipinski definition) is 0. The molecule has 0 N–H and O–H groups in total. The predicted octanol–water partition coefficient (Wildman–Crippen LogP) is 3.98. The van der Waals surface area contributed by atoms with Crippen molar-refractivity contribution in [1.29, 1.82) is 0 Å². The van der Waals surface area contributed by atoms with Crippen LogP contribution in [0.15, 0.2) is 59.4 Å². The molecule has 1 heterocycles. The van der Waals surface area contributed by atoms with E-state index in [1.54, 1.807) is 0 Å². The van der Waals surface area contributed by atoms with E-state index in [2.05, 4.69) is 55.8 Å². The molecule has 0 radical (unpaired) electrons. The molecule has 0 saturated carbocycles. The number of rotatable bonds is 3. The van der Waals surface area contributed by atoms with Crippen LogP contribution in [-0.2, 0) is 0 Å². The summed E-state index contributed by atoms with van der Waals surface area (Å²) in [5, 5.41) is 0. The lowest BCUT2D eigenvalue weighted by molar-refractivity contribution is 0.427. The Hall–Kier alpha value is -1.50. The minimum atomic E-state index is 1.04. The smallest absolute Gasteiger partial charge is 0.0390 e. The molecule has 17 heavy (non-hydrogen) atoms. The van der Waals surface area contributed by atoms with E-state index < -0.39 is 0 Å². The van der Waals surface area contributed by atoms with Crippen LogP contribution in [-0.4, -0.2) is 18.0 Å². The van der Waals surface area contributed by atoms with E-state index in [-0.39, 0.29) is 0 Å². The Morgan fingerprint density at radius 1 is 1.47 bits per heavy atom. The second-order valence-corrected chi connectivity index (χ2v) is 5.05. The van der Waals surface area contributed by atoms with Gasteiger partial charge in [-0.15, -0.1) is 0 Å². The maximum atomic E-state index is 4.03. The van der Waals surface area contributed by atoms with E-state index in [1.165, 1.54) is 29.6 Å². The standard InChI is InChI=1S/C16H21N/c1-13(2)16-9-14(3)10-17(12-16)11-15-7-5-4-6-8-15/h4-5,7,9,12H,1,6,8,10-11H2,2-3H3. The van der Waals surface area contributed by atoms with Gasteiger partial charge in [-0.25, -0.2) is 0 Å². The largest absolute Gasteiger partial charge is 0.369 e. The van der Waals surface area contributed by atoms with Crippen LogP contribution >= 0.6 is 0 Å². The molecule has 0 bridgehead atoms. The van der Waals surface area contributed by atoms with Crippen molar-refractivity contribution in [3.63, 3.8) is 0 Å². The highest BCUT2D eigenvalue weighted by molar-refractivity contribution is 5.41. The van der Waals surface area contributed by atoms with Gasteiger partial charge >= 0.3 is 0 Å². The zero-order valence-corrected chi connectivity index (χ0v) is 10.9. The number of allylic oxidation sites excluding steroid dienone is 6. The van der Waals surface area contributed by atoms with E-state index >= 15 is 0 Å². The first-order valence-electron chi connectivity index (χ1n) is 6.28. The molecular formula is C16H21N. The third-order valence-corrected chi connectivity index (χ3v) is 3.18. The second-order valence-electron chi connectivity index (χ2n) is 5.05. The van der Waals surface area contributed by atoms with E-state index in [0.717, 1.165) is 18.7 Å². The summed E-state index contributed by atoms with van der Waals surface area (Å²) >= 11 is 0. The summed E-state index contributed by atoms with van der Waals surface area (Å²) < 4.78 is 0. The lowest BCUT2D eigenvalue weighted by Crippen LogP contribution is -2.25. The van der Waals surface area contributed by atoms with Crippen molar-refractivity contribution in [3.8, 4) is 0 Å². The van der Waals surface area contributed by atoms with E-state index in [0.29, 0.717) is 0 Å². The molecule has 0 fully saturated rings.